The molecule has 2 nitrogen and oxygen atoms in total. The Morgan fingerprint density at radius 3 is 2.53 bits per heavy atom. The molecule has 15 heavy (non-hydrogen) atoms. The van der Waals surface area contributed by atoms with E-state index in [1.807, 2.05) is 6.07 Å². The molecular weight excluding hydrogens is 188 g/mol. The van der Waals surface area contributed by atoms with E-state index in [0.717, 1.165) is 5.56 Å². The molecule has 1 aromatic carbocycles. The maximum Gasteiger partial charge on any atom is 0.162 e. The number of benzene rings is 1. The molecule has 0 spiro atoms. The van der Waals surface area contributed by atoms with E-state index in [-0.39, 0.29) is 11.9 Å². The van der Waals surface area contributed by atoms with E-state index in [1.54, 1.807) is 0 Å². The fourth-order valence-corrected chi connectivity index (χ4v) is 2.01. The van der Waals surface area contributed by atoms with Crippen LogP contribution >= 0.6 is 0 Å². The van der Waals surface area contributed by atoms with Crippen LogP contribution in [0.25, 0.3) is 0 Å². The van der Waals surface area contributed by atoms with Crippen LogP contribution in [0.3, 0.4) is 0 Å². The third-order valence-corrected chi connectivity index (χ3v) is 2.75. The molecule has 0 N–H and O–H groups in total. The van der Waals surface area contributed by atoms with Gasteiger partial charge in [-0.15, -0.1) is 0 Å². The topological polar surface area (TPSA) is 26.3 Å². The lowest BCUT2D eigenvalue weighted by Gasteiger charge is -2.22. The summed E-state index contributed by atoms with van der Waals surface area (Å²) in [6.07, 6.45) is 3.33. The molecule has 0 aliphatic carbocycles. The zero-order valence-corrected chi connectivity index (χ0v) is 8.99. The highest BCUT2D eigenvalue weighted by molar-refractivity contribution is 5.90. The Balaban J connectivity index is 2.37. The van der Waals surface area contributed by atoms with Crippen LogP contribution in [0.5, 0.6) is 0 Å². The Hall–Kier alpha value is -1.57. The molecule has 0 amide bonds. The molecule has 78 valence electrons. The van der Waals surface area contributed by atoms with Gasteiger partial charge in [-0.05, 0) is 30.5 Å². The number of hydrogen-bond donors (Lipinski definition) is 0. The van der Waals surface area contributed by atoms with E-state index in [0.29, 0.717) is 6.42 Å². The Kier molecular flexibility index (Phi) is 2.58. The molecular formula is C13H14O2. The van der Waals surface area contributed by atoms with Crippen molar-refractivity contribution in [1.29, 1.82) is 0 Å². The summed E-state index contributed by atoms with van der Waals surface area (Å²) in [5.41, 5.74) is 3.52. The van der Waals surface area contributed by atoms with Gasteiger partial charge in [-0.3, -0.25) is 4.79 Å². The number of rotatable bonds is 1. The monoisotopic (exact) mass is 202 g/mol. The molecule has 0 saturated heterocycles. The van der Waals surface area contributed by atoms with E-state index in [2.05, 4.69) is 26.0 Å². The Morgan fingerprint density at radius 1 is 1.27 bits per heavy atom. The van der Waals surface area contributed by atoms with Crippen molar-refractivity contribution in [2.24, 2.45) is 0 Å². The van der Waals surface area contributed by atoms with Gasteiger partial charge in [-0.1, -0.05) is 18.2 Å². The predicted octanol–water partition coefficient (Wildman–Crippen LogP) is 2.85. The molecule has 1 aliphatic rings. The molecule has 1 heterocycles. The van der Waals surface area contributed by atoms with E-state index in [1.165, 1.54) is 23.5 Å². The van der Waals surface area contributed by atoms with Crippen molar-refractivity contribution in [2.75, 3.05) is 0 Å². The minimum atomic E-state index is -0.108. The Bertz CT molecular complexity index is 398. The van der Waals surface area contributed by atoms with E-state index >= 15 is 0 Å². The number of carbonyl (C=O) groups is 1. The summed E-state index contributed by atoms with van der Waals surface area (Å²) in [6.45, 7) is 4.10. The zero-order chi connectivity index (χ0) is 10.8. The Labute approximate surface area is 89.6 Å². The van der Waals surface area contributed by atoms with Gasteiger partial charge in [0.2, 0.25) is 0 Å². The molecule has 2 heteroatoms. The van der Waals surface area contributed by atoms with Crippen molar-refractivity contribution in [3.8, 4) is 0 Å². The quantitative estimate of drug-likeness (QED) is 0.700. The first kappa shape index (κ1) is 9.97. The molecule has 0 saturated carbocycles. The first-order valence-corrected chi connectivity index (χ1v) is 5.09. The summed E-state index contributed by atoms with van der Waals surface area (Å²) in [4.78, 5) is 11.3. The normalized spacial score (nSPS) is 20.1. The summed E-state index contributed by atoms with van der Waals surface area (Å²) < 4.78 is 5.49. The van der Waals surface area contributed by atoms with Crippen molar-refractivity contribution in [3.05, 3.63) is 47.2 Å². The highest BCUT2D eigenvalue weighted by Crippen LogP contribution is 2.30. The smallest absolute Gasteiger partial charge is 0.162 e. The zero-order valence-electron chi connectivity index (χ0n) is 8.99. The van der Waals surface area contributed by atoms with Crippen LogP contribution in [0.15, 0.2) is 30.5 Å². The first-order valence-electron chi connectivity index (χ1n) is 5.09. The van der Waals surface area contributed by atoms with Crippen LogP contribution < -0.4 is 0 Å². The fourth-order valence-electron chi connectivity index (χ4n) is 2.01. The number of ketones is 1. The summed E-state index contributed by atoms with van der Waals surface area (Å²) in [6, 6.07) is 6.12. The van der Waals surface area contributed by atoms with Gasteiger partial charge in [0.15, 0.2) is 5.78 Å². The van der Waals surface area contributed by atoms with Crippen LogP contribution in [-0.2, 0) is 9.53 Å². The second-order valence-corrected chi connectivity index (χ2v) is 3.90. The lowest BCUT2D eigenvalue weighted by atomic mass is 9.94. The van der Waals surface area contributed by atoms with Crippen LogP contribution in [0, 0.1) is 13.8 Å². The van der Waals surface area contributed by atoms with Crippen molar-refractivity contribution in [1.82, 2.24) is 0 Å². The maximum atomic E-state index is 11.3. The minimum Gasteiger partial charge on any atom is -0.493 e. The summed E-state index contributed by atoms with van der Waals surface area (Å²) in [7, 11) is 0. The average molecular weight is 202 g/mol. The van der Waals surface area contributed by atoms with Gasteiger partial charge in [0, 0.05) is 6.08 Å². The third-order valence-electron chi connectivity index (χ3n) is 2.75. The lowest BCUT2D eigenvalue weighted by Crippen LogP contribution is -2.13. The first-order chi connectivity index (χ1) is 7.18. The van der Waals surface area contributed by atoms with Gasteiger partial charge >= 0.3 is 0 Å². The standard InChI is InChI=1S/C13H14O2/c1-9-4-3-5-10(2)13(9)12-8-11(14)6-7-15-12/h3-7,12H,8H2,1-2H3. The van der Waals surface area contributed by atoms with Crippen molar-refractivity contribution < 1.29 is 9.53 Å². The van der Waals surface area contributed by atoms with Gasteiger partial charge in [-0.25, -0.2) is 0 Å². The van der Waals surface area contributed by atoms with E-state index in [4.69, 9.17) is 4.74 Å². The molecule has 1 aromatic rings. The number of ether oxygens (including phenoxy) is 1. The third kappa shape index (κ3) is 1.94. The summed E-state index contributed by atoms with van der Waals surface area (Å²) >= 11 is 0. The molecule has 1 unspecified atom stereocenters. The number of aryl methyl sites for hydroxylation is 2. The van der Waals surface area contributed by atoms with Crippen LogP contribution in [-0.4, -0.2) is 5.78 Å². The van der Waals surface area contributed by atoms with E-state index < -0.39 is 0 Å². The van der Waals surface area contributed by atoms with E-state index in [9.17, 15) is 4.79 Å². The fraction of sp³-hybridized carbons (Fsp3) is 0.308. The van der Waals surface area contributed by atoms with Crippen LogP contribution in [0.2, 0.25) is 0 Å². The van der Waals surface area contributed by atoms with Gasteiger partial charge in [0.1, 0.15) is 6.10 Å². The van der Waals surface area contributed by atoms with Gasteiger partial charge in [0.05, 0.1) is 12.7 Å². The SMILES string of the molecule is Cc1cccc(C)c1C1CC(=O)C=CO1. The maximum absolute atomic E-state index is 11.3. The molecule has 0 aromatic heterocycles. The second kappa shape index (κ2) is 3.89. The molecule has 1 aliphatic heterocycles. The molecule has 0 fully saturated rings. The molecule has 2 rings (SSSR count). The summed E-state index contributed by atoms with van der Waals surface area (Å²) in [5.74, 6) is 0.133. The average Bonchev–Trinajstić information content (AvgIpc) is 2.17. The molecule has 0 radical (unpaired) electrons. The van der Waals surface area contributed by atoms with Crippen LogP contribution in [0.4, 0.5) is 0 Å². The molecule has 0 bridgehead atoms. The van der Waals surface area contributed by atoms with Crippen molar-refractivity contribution >= 4 is 5.78 Å². The highest BCUT2D eigenvalue weighted by Gasteiger charge is 2.21. The van der Waals surface area contributed by atoms with Gasteiger partial charge in [0.25, 0.3) is 0 Å². The van der Waals surface area contributed by atoms with Crippen LogP contribution in [0.1, 0.15) is 29.2 Å². The summed E-state index contributed by atoms with van der Waals surface area (Å²) in [5, 5.41) is 0. The number of allylic oxidation sites excluding steroid dienone is 1. The highest BCUT2D eigenvalue weighted by atomic mass is 16.5. The second-order valence-electron chi connectivity index (χ2n) is 3.90. The van der Waals surface area contributed by atoms with Gasteiger partial charge in [-0.2, -0.15) is 0 Å². The predicted molar refractivity (Wildman–Crippen MR) is 58.5 cm³/mol. The number of hydrogen-bond acceptors (Lipinski definition) is 2. The van der Waals surface area contributed by atoms with Gasteiger partial charge < -0.3 is 4.74 Å². The largest absolute Gasteiger partial charge is 0.493 e. The van der Waals surface area contributed by atoms with Crippen molar-refractivity contribution in [2.45, 2.75) is 26.4 Å². The Morgan fingerprint density at radius 2 is 1.93 bits per heavy atom. The molecule has 1 atom stereocenters. The lowest BCUT2D eigenvalue weighted by molar-refractivity contribution is -0.118. The van der Waals surface area contributed by atoms with Crippen molar-refractivity contribution in [3.63, 3.8) is 0 Å². The number of carbonyl (C=O) groups excluding carboxylic acids is 1. The minimum absolute atomic E-state index is 0.108.